The molecule has 88 valence electrons. The van der Waals surface area contributed by atoms with Crippen molar-refractivity contribution in [3.05, 3.63) is 17.1 Å². The monoisotopic (exact) mass is 220 g/mol. The number of fused-ring (bicyclic) bond motifs is 1. The van der Waals surface area contributed by atoms with Gasteiger partial charge < -0.3 is 4.74 Å². The second-order valence-electron chi connectivity index (χ2n) is 5.01. The Kier molecular flexibility index (Phi) is 3.13. The van der Waals surface area contributed by atoms with Gasteiger partial charge in [-0.15, -0.1) is 0 Å². The first-order chi connectivity index (χ1) is 7.59. The zero-order valence-electron chi connectivity index (χ0n) is 10.6. The smallest absolute Gasteiger partial charge is 0.220 e. The van der Waals surface area contributed by atoms with E-state index in [0.29, 0.717) is 11.8 Å². The van der Waals surface area contributed by atoms with Gasteiger partial charge in [0, 0.05) is 11.5 Å². The summed E-state index contributed by atoms with van der Waals surface area (Å²) in [5.74, 6) is 2.53. The van der Waals surface area contributed by atoms with Gasteiger partial charge in [0.15, 0.2) is 0 Å². The zero-order valence-corrected chi connectivity index (χ0v) is 10.6. The molecule has 2 rings (SSSR count). The Morgan fingerprint density at radius 1 is 1.06 bits per heavy atom. The minimum absolute atomic E-state index is 0.355. The molecule has 0 N–H and O–H groups in total. The van der Waals surface area contributed by atoms with Crippen molar-refractivity contribution in [3.63, 3.8) is 0 Å². The van der Waals surface area contributed by atoms with Crippen molar-refractivity contribution in [3.8, 4) is 5.88 Å². The normalized spacial score (nSPS) is 15.1. The molecule has 3 heteroatoms. The Hall–Kier alpha value is -1.12. The van der Waals surface area contributed by atoms with Crippen LogP contribution in [0.4, 0.5) is 0 Å². The molecule has 0 saturated heterocycles. The van der Waals surface area contributed by atoms with Crippen LogP contribution in [0, 0.1) is 0 Å². The van der Waals surface area contributed by atoms with Crippen molar-refractivity contribution in [2.24, 2.45) is 0 Å². The molecular weight excluding hydrogens is 200 g/mol. The summed E-state index contributed by atoms with van der Waals surface area (Å²) < 4.78 is 5.65. The predicted octanol–water partition coefficient (Wildman–Crippen LogP) is 3.05. The Balaban J connectivity index is 2.52. The minimum atomic E-state index is 0.355. The number of aromatic nitrogens is 2. The highest BCUT2D eigenvalue weighted by atomic mass is 16.5. The average molecular weight is 220 g/mol. The minimum Gasteiger partial charge on any atom is -0.477 e. The molecule has 1 aromatic rings. The van der Waals surface area contributed by atoms with E-state index in [1.54, 1.807) is 0 Å². The van der Waals surface area contributed by atoms with Gasteiger partial charge in [-0.1, -0.05) is 27.7 Å². The van der Waals surface area contributed by atoms with E-state index in [1.807, 2.05) is 0 Å². The maximum absolute atomic E-state index is 5.65. The molecule has 1 aliphatic heterocycles. The molecule has 2 heterocycles. The SMILES string of the molecule is CC(C)c1nc2c(c(C(C)C)n1)CCCO2. The standard InChI is InChI=1S/C13H20N2O/c1-8(2)11-10-6-5-7-16-13(10)15-12(14-11)9(3)4/h8-9H,5-7H2,1-4H3. The lowest BCUT2D eigenvalue weighted by atomic mass is 9.99. The lowest BCUT2D eigenvalue weighted by Gasteiger charge is -2.22. The van der Waals surface area contributed by atoms with Gasteiger partial charge in [-0.3, -0.25) is 0 Å². The Labute approximate surface area is 97.3 Å². The van der Waals surface area contributed by atoms with Crippen LogP contribution >= 0.6 is 0 Å². The van der Waals surface area contributed by atoms with E-state index in [-0.39, 0.29) is 0 Å². The van der Waals surface area contributed by atoms with Crippen LogP contribution in [0.2, 0.25) is 0 Å². The molecule has 0 aliphatic carbocycles. The zero-order chi connectivity index (χ0) is 11.7. The fraction of sp³-hybridized carbons (Fsp3) is 0.692. The second-order valence-corrected chi connectivity index (χ2v) is 5.01. The predicted molar refractivity (Wildman–Crippen MR) is 64.0 cm³/mol. The van der Waals surface area contributed by atoms with Crippen molar-refractivity contribution in [1.82, 2.24) is 9.97 Å². The first-order valence-electron chi connectivity index (χ1n) is 6.13. The molecule has 0 spiro atoms. The summed E-state index contributed by atoms with van der Waals surface area (Å²) in [7, 11) is 0. The molecule has 0 saturated carbocycles. The van der Waals surface area contributed by atoms with Crippen LogP contribution in [0.5, 0.6) is 5.88 Å². The van der Waals surface area contributed by atoms with Crippen molar-refractivity contribution < 1.29 is 4.74 Å². The molecular formula is C13H20N2O. The lowest BCUT2D eigenvalue weighted by Crippen LogP contribution is -2.16. The molecule has 16 heavy (non-hydrogen) atoms. The van der Waals surface area contributed by atoms with E-state index >= 15 is 0 Å². The number of hydrogen-bond acceptors (Lipinski definition) is 3. The Bertz CT molecular complexity index is 386. The first-order valence-corrected chi connectivity index (χ1v) is 6.13. The molecule has 0 aromatic carbocycles. The van der Waals surface area contributed by atoms with E-state index in [2.05, 4.69) is 32.7 Å². The molecule has 1 aromatic heterocycles. The van der Waals surface area contributed by atoms with Crippen LogP contribution in [-0.2, 0) is 6.42 Å². The van der Waals surface area contributed by atoms with E-state index < -0.39 is 0 Å². The fourth-order valence-electron chi connectivity index (χ4n) is 2.00. The summed E-state index contributed by atoms with van der Waals surface area (Å²) in [5.41, 5.74) is 2.40. The van der Waals surface area contributed by atoms with Gasteiger partial charge in [0.2, 0.25) is 5.88 Å². The van der Waals surface area contributed by atoms with Gasteiger partial charge in [0.25, 0.3) is 0 Å². The summed E-state index contributed by atoms with van der Waals surface area (Å²) in [6.07, 6.45) is 2.14. The van der Waals surface area contributed by atoms with E-state index in [9.17, 15) is 0 Å². The van der Waals surface area contributed by atoms with Crippen molar-refractivity contribution >= 4 is 0 Å². The summed E-state index contributed by atoms with van der Waals surface area (Å²) in [4.78, 5) is 9.22. The van der Waals surface area contributed by atoms with Crippen LogP contribution in [0.15, 0.2) is 0 Å². The molecule has 3 nitrogen and oxygen atoms in total. The number of rotatable bonds is 2. The summed E-state index contributed by atoms with van der Waals surface area (Å²) in [6.45, 7) is 9.39. The van der Waals surface area contributed by atoms with E-state index in [4.69, 9.17) is 9.72 Å². The molecule has 0 unspecified atom stereocenters. The van der Waals surface area contributed by atoms with Gasteiger partial charge in [0.1, 0.15) is 5.82 Å². The highest BCUT2D eigenvalue weighted by Crippen LogP contribution is 2.30. The van der Waals surface area contributed by atoms with Gasteiger partial charge in [-0.05, 0) is 18.8 Å². The summed E-state index contributed by atoms with van der Waals surface area (Å²) >= 11 is 0. The van der Waals surface area contributed by atoms with Crippen LogP contribution in [0.25, 0.3) is 0 Å². The average Bonchev–Trinajstić information content (AvgIpc) is 2.27. The second kappa shape index (κ2) is 4.40. The molecule has 0 amide bonds. The molecule has 0 radical (unpaired) electrons. The largest absolute Gasteiger partial charge is 0.477 e. The quantitative estimate of drug-likeness (QED) is 0.768. The van der Waals surface area contributed by atoms with E-state index in [0.717, 1.165) is 31.2 Å². The molecule has 0 bridgehead atoms. The topological polar surface area (TPSA) is 35.0 Å². The van der Waals surface area contributed by atoms with Crippen molar-refractivity contribution in [1.29, 1.82) is 0 Å². The van der Waals surface area contributed by atoms with Crippen molar-refractivity contribution in [2.75, 3.05) is 6.61 Å². The van der Waals surface area contributed by atoms with Gasteiger partial charge in [-0.2, -0.15) is 4.98 Å². The fourth-order valence-corrected chi connectivity index (χ4v) is 2.00. The van der Waals surface area contributed by atoms with Gasteiger partial charge >= 0.3 is 0 Å². The Morgan fingerprint density at radius 3 is 2.44 bits per heavy atom. The Morgan fingerprint density at radius 2 is 1.81 bits per heavy atom. The highest BCUT2D eigenvalue weighted by molar-refractivity contribution is 5.34. The maximum atomic E-state index is 5.65. The molecule has 0 fully saturated rings. The number of hydrogen-bond donors (Lipinski definition) is 0. The van der Waals surface area contributed by atoms with Gasteiger partial charge in [-0.25, -0.2) is 4.98 Å². The third-order valence-electron chi connectivity index (χ3n) is 2.89. The van der Waals surface area contributed by atoms with Crippen LogP contribution in [0.3, 0.4) is 0 Å². The van der Waals surface area contributed by atoms with E-state index in [1.165, 1.54) is 11.3 Å². The number of ether oxygens (including phenoxy) is 1. The van der Waals surface area contributed by atoms with Crippen LogP contribution < -0.4 is 4.74 Å². The summed E-state index contributed by atoms with van der Waals surface area (Å²) in [5, 5.41) is 0. The third-order valence-corrected chi connectivity index (χ3v) is 2.89. The maximum Gasteiger partial charge on any atom is 0.220 e. The summed E-state index contributed by atoms with van der Waals surface area (Å²) in [6, 6.07) is 0. The lowest BCUT2D eigenvalue weighted by molar-refractivity contribution is 0.272. The molecule has 0 atom stereocenters. The van der Waals surface area contributed by atoms with Gasteiger partial charge in [0.05, 0.1) is 12.3 Å². The van der Waals surface area contributed by atoms with Crippen LogP contribution in [-0.4, -0.2) is 16.6 Å². The number of nitrogens with zero attached hydrogens (tertiary/aromatic N) is 2. The first kappa shape index (κ1) is 11.4. The highest BCUT2D eigenvalue weighted by Gasteiger charge is 2.21. The van der Waals surface area contributed by atoms with Crippen LogP contribution in [0.1, 0.15) is 63.0 Å². The third kappa shape index (κ3) is 2.04. The van der Waals surface area contributed by atoms with Crippen molar-refractivity contribution in [2.45, 2.75) is 52.4 Å². The molecule has 1 aliphatic rings.